The summed E-state index contributed by atoms with van der Waals surface area (Å²) < 4.78 is 19.1. The third-order valence-electron chi connectivity index (χ3n) is 3.98. The van der Waals surface area contributed by atoms with E-state index in [1.54, 1.807) is 60.7 Å². The molecule has 0 saturated heterocycles. The quantitative estimate of drug-likeness (QED) is 0.512. The molecule has 0 spiro atoms. The zero-order valence-electron chi connectivity index (χ0n) is 16.6. The number of anilines is 2. The number of urea groups is 1. The third kappa shape index (κ3) is 5.81. The molecule has 0 radical (unpaired) electrons. The highest BCUT2D eigenvalue weighted by Crippen LogP contribution is 2.30. The second-order valence-corrected chi connectivity index (χ2v) is 6.84. The molecule has 0 aliphatic heterocycles. The Bertz CT molecular complexity index is 1040. The number of benzene rings is 3. The average Bonchev–Trinajstić information content (AvgIpc) is 2.69. The molecule has 0 bridgehead atoms. The molecule has 6 nitrogen and oxygen atoms in total. The molecule has 3 amide bonds. The molecular formula is C23H22FN3O3. The van der Waals surface area contributed by atoms with Gasteiger partial charge in [-0.1, -0.05) is 18.2 Å². The Balaban J connectivity index is 1.68. The lowest BCUT2D eigenvalue weighted by Crippen LogP contribution is -2.34. The lowest BCUT2D eigenvalue weighted by atomic mass is 10.2. The number of hydrogen-bond donors (Lipinski definition) is 3. The van der Waals surface area contributed by atoms with Crippen molar-refractivity contribution in [2.75, 3.05) is 10.6 Å². The SMILES string of the molecule is CC(C)NC(=O)Nc1ccc(C(=O)Nc2ccccc2Oc2cccc(F)c2)cc1. The highest BCUT2D eigenvalue weighted by atomic mass is 19.1. The minimum Gasteiger partial charge on any atom is -0.455 e. The molecule has 3 N–H and O–H groups in total. The van der Waals surface area contributed by atoms with Crippen molar-refractivity contribution in [1.29, 1.82) is 0 Å². The number of nitrogens with one attached hydrogen (secondary N) is 3. The van der Waals surface area contributed by atoms with Crippen molar-refractivity contribution in [2.24, 2.45) is 0 Å². The van der Waals surface area contributed by atoms with Gasteiger partial charge < -0.3 is 20.7 Å². The average molecular weight is 407 g/mol. The summed E-state index contributed by atoms with van der Waals surface area (Å²) in [6.07, 6.45) is 0. The van der Waals surface area contributed by atoms with E-state index in [9.17, 15) is 14.0 Å². The van der Waals surface area contributed by atoms with Gasteiger partial charge in [0.25, 0.3) is 5.91 Å². The van der Waals surface area contributed by atoms with Crippen molar-refractivity contribution in [3.8, 4) is 11.5 Å². The molecule has 0 saturated carbocycles. The predicted octanol–water partition coefficient (Wildman–Crippen LogP) is 5.40. The summed E-state index contributed by atoms with van der Waals surface area (Å²) in [5.74, 6) is -0.0415. The first-order chi connectivity index (χ1) is 14.4. The zero-order valence-corrected chi connectivity index (χ0v) is 16.6. The van der Waals surface area contributed by atoms with Gasteiger partial charge in [0.1, 0.15) is 11.6 Å². The van der Waals surface area contributed by atoms with Crippen LogP contribution in [0.4, 0.5) is 20.6 Å². The van der Waals surface area contributed by atoms with Crippen LogP contribution in [0.3, 0.4) is 0 Å². The van der Waals surface area contributed by atoms with Crippen molar-refractivity contribution in [2.45, 2.75) is 19.9 Å². The molecule has 7 heteroatoms. The molecule has 3 rings (SSSR count). The van der Waals surface area contributed by atoms with Crippen LogP contribution in [0.15, 0.2) is 72.8 Å². The summed E-state index contributed by atoms with van der Waals surface area (Å²) in [7, 11) is 0. The minimum atomic E-state index is -0.412. The summed E-state index contributed by atoms with van der Waals surface area (Å²) in [6.45, 7) is 3.73. The van der Waals surface area contributed by atoms with E-state index in [0.717, 1.165) is 0 Å². The van der Waals surface area contributed by atoms with E-state index in [1.807, 2.05) is 13.8 Å². The van der Waals surface area contributed by atoms with Crippen molar-refractivity contribution in [3.63, 3.8) is 0 Å². The number of amides is 3. The molecule has 0 fully saturated rings. The summed E-state index contributed by atoms with van der Waals surface area (Å²) in [6, 6.07) is 18.9. The molecule has 30 heavy (non-hydrogen) atoms. The maximum absolute atomic E-state index is 13.4. The topological polar surface area (TPSA) is 79.5 Å². The van der Waals surface area contributed by atoms with Gasteiger partial charge in [-0.3, -0.25) is 4.79 Å². The standard InChI is InChI=1S/C23H22FN3O3/c1-15(2)25-23(29)26-18-12-10-16(11-13-18)22(28)27-20-8-3-4-9-21(20)30-19-7-5-6-17(24)14-19/h3-15H,1-2H3,(H,27,28)(H2,25,26,29). The van der Waals surface area contributed by atoms with Gasteiger partial charge in [-0.2, -0.15) is 0 Å². The van der Waals surface area contributed by atoms with Gasteiger partial charge in [0, 0.05) is 23.4 Å². The number of carbonyl (C=O) groups is 2. The van der Waals surface area contributed by atoms with Crippen LogP contribution < -0.4 is 20.7 Å². The van der Waals surface area contributed by atoms with Crippen LogP contribution in [0.25, 0.3) is 0 Å². The van der Waals surface area contributed by atoms with Gasteiger partial charge in [0.15, 0.2) is 5.75 Å². The van der Waals surface area contributed by atoms with E-state index in [1.165, 1.54) is 12.1 Å². The van der Waals surface area contributed by atoms with Gasteiger partial charge in [-0.05, 0) is 62.4 Å². The van der Waals surface area contributed by atoms with Crippen LogP contribution in [0.1, 0.15) is 24.2 Å². The van der Waals surface area contributed by atoms with E-state index < -0.39 is 5.82 Å². The fraction of sp³-hybridized carbons (Fsp3) is 0.130. The normalized spacial score (nSPS) is 10.4. The molecule has 0 aliphatic rings. The van der Waals surface area contributed by atoms with Crippen molar-refractivity contribution in [3.05, 3.63) is 84.2 Å². The summed E-state index contributed by atoms with van der Waals surface area (Å²) in [5, 5.41) is 8.21. The second-order valence-electron chi connectivity index (χ2n) is 6.84. The van der Waals surface area contributed by atoms with Crippen LogP contribution in [0.5, 0.6) is 11.5 Å². The number of rotatable bonds is 6. The fourth-order valence-electron chi connectivity index (χ4n) is 2.65. The number of halogens is 1. The molecule has 0 aromatic heterocycles. The first-order valence-electron chi connectivity index (χ1n) is 9.42. The van der Waals surface area contributed by atoms with Crippen molar-refractivity contribution in [1.82, 2.24) is 5.32 Å². The second kappa shape index (κ2) is 9.56. The van der Waals surface area contributed by atoms with Gasteiger partial charge in [0.05, 0.1) is 5.69 Å². The Morgan fingerprint density at radius 3 is 2.33 bits per heavy atom. The third-order valence-corrected chi connectivity index (χ3v) is 3.98. The Morgan fingerprint density at radius 2 is 1.63 bits per heavy atom. The largest absolute Gasteiger partial charge is 0.455 e. The molecule has 0 heterocycles. The molecule has 3 aromatic carbocycles. The lowest BCUT2D eigenvalue weighted by Gasteiger charge is -2.13. The molecule has 154 valence electrons. The maximum Gasteiger partial charge on any atom is 0.319 e. The number of para-hydroxylation sites is 2. The van der Waals surface area contributed by atoms with Gasteiger partial charge >= 0.3 is 6.03 Å². The number of carbonyl (C=O) groups excluding carboxylic acids is 2. The summed E-state index contributed by atoms with van der Waals surface area (Å²) in [5.41, 5.74) is 1.43. The van der Waals surface area contributed by atoms with E-state index in [-0.39, 0.29) is 18.0 Å². The molecule has 0 aliphatic carbocycles. The van der Waals surface area contributed by atoms with Gasteiger partial charge in [-0.15, -0.1) is 0 Å². The number of hydrogen-bond acceptors (Lipinski definition) is 3. The molecule has 3 aromatic rings. The highest BCUT2D eigenvalue weighted by Gasteiger charge is 2.11. The predicted molar refractivity (Wildman–Crippen MR) is 115 cm³/mol. The Hall–Kier alpha value is -3.87. The number of ether oxygens (including phenoxy) is 1. The molecule has 0 unspecified atom stereocenters. The van der Waals surface area contributed by atoms with Crippen molar-refractivity contribution < 1.29 is 18.7 Å². The highest BCUT2D eigenvalue weighted by molar-refractivity contribution is 6.05. The first-order valence-corrected chi connectivity index (χ1v) is 9.42. The molecule has 0 atom stereocenters. The van der Waals surface area contributed by atoms with E-state index in [4.69, 9.17) is 4.74 Å². The lowest BCUT2D eigenvalue weighted by molar-refractivity contribution is 0.102. The first kappa shape index (κ1) is 20.9. The Labute approximate surface area is 174 Å². The van der Waals surface area contributed by atoms with E-state index in [0.29, 0.717) is 28.4 Å². The zero-order chi connectivity index (χ0) is 21.5. The summed E-state index contributed by atoms with van der Waals surface area (Å²) in [4.78, 5) is 24.4. The van der Waals surface area contributed by atoms with Gasteiger partial charge in [-0.25, -0.2) is 9.18 Å². The summed E-state index contributed by atoms with van der Waals surface area (Å²) >= 11 is 0. The fourth-order valence-corrected chi connectivity index (χ4v) is 2.65. The van der Waals surface area contributed by atoms with Crippen LogP contribution in [-0.2, 0) is 0 Å². The van der Waals surface area contributed by atoms with Crippen LogP contribution in [-0.4, -0.2) is 18.0 Å². The smallest absolute Gasteiger partial charge is 0.319 e. The van der Waals surface area contributed by atoms with Crippen molar-refractivity contribution >= 4 is 23.3 Å². The maximum atomic E-state index is 13.4. The van der Waals surface area contributed by atoms with Crippen LogP contribution >= 0.6 is 0 Å². The Morgan fingerprint density at radius 1 is 0.900 bits per heavy atom. The Kier molecular flexibility index (Phi) is 6.64. The van der Waals surface area contributed by atoms with Crippen LogP contribution in [0.2, 0.25) is 0 Å². The van der Waals surface area contributed by atoms with E-state index in [2.05, 4.69) is 16.0 Å². The van der Waals surface area contributed by atoms with Gasteiger partial charge in [0.2, 0.25) is 0 Å². The van der Waals surface area contributed by atoms with E-state index >= 15 is 0 Å². The monoisotopic (exact) mass is 407 g/mol. The molecular weight excluding hydrogens is 385 g/mol. The minimum absolute atomic E-state index is 0.0183. The van der Waals surface area contributed by atoms with Crippen LogP contribution in [0, 0.1) is 5.82 Å².